The van der Waals surface area contributed by atoms with Gasteiger partial charge in [-0.05, 0) is 29.5 Å². The molecule has 0 heterocycles. The molecule has 2 aromatic rings. The lowest BCUT2D eigenvalue weighted by Gasteiger charge is -2.36. The summed E-state index contributed by atoms with van der Waals surface area (Å²) in [4.78, 5) is 0. The van der Waals surface area contributed by atoms with Gasteiger partial charge in [0.25, 0.3) is 0 Å². The minimum atomic E-state index is -1.03. The van der Waals surface area contributed by atoms with E-state index in [1.54, 1.807) is 13.2 Å². The minimum absolute atomic E-state index is 0.567. The van der Waals surface area contributed by atoms with Crippen LogP contribution in [0.25, 0.3) is 0 Å². The first-order valence-electron chi connectivity index (χ1n) is 8.17. The van der Waals surface area contributed by atoms with Crippen molar-refractivity contribution in [3.63, 3.8) is 0 Å². The molecule has 0 bridgehead atoms. The molecule has 0 radical (unpaired) electrons. The lowest BCUT2D eigenvalue weighted by atomic mass is 9.78. The Kier molecular flexibility index (Phi) is 3.26. The van der Waals surface area contributed by atoms with Crippen molar-refractivity contribution in [2.75, 3.05) is 7.11 Å². The van der Waals surface area contributed by atoms with Gasteiger partial charge in [-0.25, -0.2) is 0 Å². The normalized spacial score (nSPS) is 27.0. The van der Waals surface area contributed by atoms with Crippen LogP contribution in [0.3, 0.4) is 0 Å². The van der Waals surface area contributed by atoms with E-state index in [-0.39, 0.29) is 0 Å². The molecule has 0 spiro atoms. The zero-order chi connectivity index (χ0) is 16.4. The Balaban J connectivity index is 2.25. The van der Waals surface area contributed by atoms with Crippen LogP contribution in [-0.2, 0) is 10.3 Å². The molecule has 3 rings (SSSR count). The molecule has 0 saturated heterocycles. The van der Waals surface area contributed by atoms with Crippen LogP contribution in [-0.4, -0.2) is 18.3 Å². The summed E-state index contributed by atoms with van der Waals surface area (Å²) in [6, 6.07) is 19.3. The van der Waals surface area contributed by atoms with Crippen LogP contribution in [0, 0.1) is 0 Å². The highest BCUT2D eigenvalue weighted by Crippen LogP contribution is 2.44. The monoisotopic (exact) mass is 282 g/mol. The molecule has 2 nitrogen and oxygen atoms in total. The van der Waals surface area contributed by atoms with Crippen LogP contribution in [0.2, 0.25) is 0 Å². The second-order valence-electron chi connectivity index (χ2n) is 5.07. The largest absolute Gasteiger partial charge is 0.389 e. The van der Waals surface area contributed by atoms with Crippen molar-refractivity contribution in [3.05, 3.63) is 83.4 Å². The minimum Gasteiger partial charge on any atom is -0.389 e. The Morgan fingerprint density at radius 3 is 1.95 bits per heavy atom. The van der Waals surface area contributed by atoms with Gasteiger partial charge in [-0.2, -0.15) is 0 Å². The Morgan fingerprint density at radius 1 is 1.05 bits per heavy atom. The van der Waals surface area contributed by atoms with Crippen molar-refractivity contribution in [2.45, 2.75) is 24.5 Å². The van der Waals surface area contributed by atoms with E-state index in [0.29, 0.717) is 5.57 Å². The number of aliphatic hydroxyl groups excluding tert-OH is 1. The molecule has 1 N–H and O–H groups in total. The van der Waals surface area contributed by atoms with Crippen molar-refractivity contribution >= 4 is 0 Å². The van der Waals surface area contributed by atoms with Crippen molar-refractivity contribution in [2.24, 2.45) is 0 Å². The second-order valence-corrected chi connectivity index (χ2v) is 5.07. The third-order valence-corrected chi connectivity index (χ3v) is 3.96. The molecule has 0 fully saturated rings. The second kappa shape index (κ2) is 5.84. The maximum Gasteiger partial charge on any atom is 0.141 e. The highest BCUT2D eigenvalue weighted by Gasteiger charge is 2.42. The van der Waals surface area contributed by atoms with E-state index in [1.165, 1.54) is 0 Å². The van der Waals surface area contributed by atoms with E-state index >= 15 is 0 Å². The van der Waals surface area contributed by atoms with Crippen LogP contribution < -0.4 is 0 Å². The van der Waals surface area contributed by atoms with E-state index < -0.39 is 24.5 Å². The highest BCUT2D eigenvalue weighted by atomic mass is 16.5. The van der Waals surface area contributed by atoms with E-state index in [1.807, 2.05) is 60.7 Å². The van der Waals surface area contributed by atoms with E-state index in [4.69, 9.17) is 7.48 Å². The molecule has 21 heavy (non-hydrogen) atoms. The van der Waals surface area contributed by atoms with Crippen LogP contribution in [0.5, 0.6) is 0 Å². The molecule has 0 unspecified atom stereocenters. The number of allylic oxidation sites excluding steroid dienone is 1. The number of hydrogen-bond donors (Lipinski definition) is 1. The van der Waals surface area contributed by atoms with Crippen LogP contribution >= 0.6 is 0 Å². The van der Waals surface area contributed by atoms with E-state index in [9.17, 15) is 5.11 Å². The summed E-state index contributed by atoms with van der Waals surface area (Å²) >= 11 is 0. The summed E-state index contributed by atoms with van der Waals surface area (Å²) in [7, 11) is 1.60. The number of aliphatic hydroxyl groups is 1. The Morgan fingerprint density at radius 2 is 1.57 bits per heavy atom. The van der Waals surface area contributed by atoms with Gasteiger partial charge in [0.15, 0.2) is 0 Å². The number of benzene rings is 2. The standard InChI is InChI=1S/C19H20O2/c1-21-19(15-9-4-2-5-10-15,16-11-6-3-7-12-16)17-13-8-14-18(17)20/h2-7,9-13,18,20H,8,14H2,1H3/t18-/m0/s1/i8D,14D/t8-,14-,18-. The summed E-state index contributed by atoms with van der Waals surface area (Å²) in [5.41, 5.74) is 1.33. The number of hydrogen-bond acceptors (Lipinski definition) is 2. The Hall–Kier alpha value is -1.90. The zero-order valence-corrected chi connectivity index (χ0v) is 11.9. The molecular formula is C19H20O2. The van der Waals surface area contributed by atoms with E-state index in [2.05, 4.69) is 0 Å². The first-order chi connectivity index (χ1) is 11.1. The first-order valence-corrected chi connectivity index (χ1v) is 7.02. The molecule has 1 aliphatic carbocycles. The third-order valence-electron chi connectivity index (χ3n) is 3.96. The fourth-order valence-corrected chi connectivity index (χ4v) is 2.99. The van der Waals surface area contributed by atoms with Crippen molar-refractivity contribution in [1.29, 1.82) is 0 Å². The van der Waals surface area contributed by atoms with Gasteiger partial charge in [0, 0.05) is 9.85 Å². The lowest BCUT2D eigenvalue weighted by molar-refractivity contribution is 0.0335. The number of ether oxygens (including phenoxy) is 1. The maximum absolute atomic E-state index is 10.6. The van der Waals surface area contributed by atoms with Crippen LogP contribution in [0.15, 0.2) is 72.3 Å². The van der Waals surface area contributed by atoms with Gasteiger partial charge in [-0.3, -0.25) is 0 Å². The number of methoxy groups -OCH3 is 1. The molecule has 0 amide bonds. The van der Waals surface area contributed by atoms with Gasteiger partial charge in [-0.1, -0.05) is 66.7 Å². The van der Waals surface area contributed by atoms with Gasteiger partial charge < -0.3 is 9.84 Å². The zero-order valence-electron chi connectivity index (χ0n) is 13.9. The highest BCUT2D eigenvalue weighted by molar-refractivity contribution is 5.47. The molecule has 3 atom stereocenters. The first kappa shape index (κ1) is 11.7. The summed E-state index contributed by atoms with van der Waals surface area (Å²) in [6.07, 6.45) is -1.03. The molecule has 108 valence electrons. The molecule has 2 aromatic carbocycles. The fourth-order valence-electron chi connectivity index (χ4n) is 2.99. The third kappa shape index (κ3) is 2.31. The fraction of sp³-hybridized carbons (Fsp3) is 0.263. The molecule has 0 aliphatic heterocycles. The molecule has 0 aromatic heterocycles. The predicted molar refractivity (Wildman–Crippen MR) is 84.0 cm³/mol. The molecule has 1 aliphatic rings. The predicted octanol–water partition coefficient (Wildman–Crippen LogP) is 3.66. The van der Waals surface area contributed by atoms with Crippen molar-refractivity contribution in [3.8, 4) is 0 Å². The number of rotatable bonds is 4. The Bertz CT molecular complexity index is 646. The van der Waals surface area contributed by atoms with Crippen LogP contribution in [0.1, 0.15) is 26.7 Å². The Labute approximate surface area is 128 Å². The molecule has 0 saturated carbocycles. The molecule has 2 heteroatoms. The summed E-state index contributed by atoms with van der Waals surface area (Å²) in [6.45, 7) is 0. The topological polar surface area (TPSA) is 29.5 Å². The average Bonchev–Trinajstić information content (AvgIpc) is 2.86. The quantitative estimate of drug-likeness (QED) is 0.867. The lowest BCUT2D eigenvalue weighted by Crippen LogP contribution is -2.36. The van der Waals surface area contributed by atoms with Gasteiger partial charge in [-0.15, -0.1) is 0 Å². The SMILES string of the molecule is [2H][C@@H]1[C@H](O)C(C(OC)(c2ccccc2)c2ccccc2)=C[C@@H]1[2H]. The van der Waals surface area contributed by atoms with E-state index in [0.717, 1.165) is 11.1 Å². The average molecular weight is 282 g/mol. The van der Waals surface area contributed by atoms with Gasteiger partial charge in [0.1, 0.15) is 5.60 Å². The van der Waals surface area contributed by atoms with Crippen molar-refractivity contribution in [1.82, 2.24) is 0 Å². The summed E-state index contributed by atoms with van der Waals surface area (Å²) in [5, 5.41) is 10.6. The summed E-state index contributed by atoms with van der Waals surface area (Å²) in [5.74, 6) is 0. The summed E-state index contributed by atoms with van der Waals surface area (Å²) < 4.78 is 22.0. The van der Waals surface area contributed by atoms with Crippen LogP contribution in [0.4, 0.5) is 0 Å². The smallest absolute Gasteiger partial charge is 0.141 e. The van der Waals surface area contributed by atoms with Gasteiger partial charge >= 0.3 is 0 Å². The van der Waals surface area contributed by atoms with Gasteiger partial charge in [0.05, 0.1) is 6.10 Å². The molecular weight excluding hydrogens is 260 g/mol. The van der Waals surface area contributed by atoms with Crippen molar-refractivity contribution < 1.29 is 12.6 Å². The maximum atomic E-state index is 10.6. The van der Waals surface area contributed by atoms with Gasteiger partial charge in [0.2, 0.25) is 0 Å².